The molecule has 0 fully saturated rings. The molecule has 80 valence electrons. The lowest BCUT2D eigenvalue weighted by Crippen LogP contribution is -2.17. The Hall–Kier alpha value is -0.830. The largest absolute Gasteiger partial charge is 0.311 e. The molecule has 1 aromatic rings. The molecule has 0 radical (unpaired) electrons. The van der Waals surface area contributed by atoms with Crippen LogP contribution in [0.5, 0.6) is 0 Å². The van der Waals surface area contributed by atoms with Gasteiger partial charge in [-0.1, -0.05) is 13.8 Å². The van der Waals surface area contributed by atoms with Crippen LogP contribution in [0.25, 0.3) is 0 Å². The lowest BCUT2D eigenvalue weighted by Gasteiger charge is -2.04. The van der Waals surface area contributed by atoms with E-state index >= 15 is 0 Å². The van der Waals surface area contributed by atoms with E-state index in [0.29, 0.717) is 0 Å². The molecule has 0 atom stereocenters. The Kier molecular flexibility index (Phi) is 4.66. The number of aryl methyl sites for hydroxylation is 2. The zero-order chi connectivity index (χ0) is 10.4. The Morgan fingerprint density at radius 2 is 2.14 bits per heavy atom. The third-order valence-corrected chi connectivity index (χ3v) is 2.31. The van der Waals surface area contributed by atoms with Gasteiger partial charge in [0.2, 0.25) is 0 Å². The van der Waals surface area contributed by atoms with Gasteiger partial charge in [-0.2, -0.15) is 5.10 Å². The van der Waals surface area contributed by atoms with Crippen molar-refractivity contribution in [1.29, 1.82) is 0 Å². The van der Waals surface area contributed by atoms with Crippen LogP contribution in [-0.2, 0) is 19.5 Å². The summed E-state index contributed by atoms with van der Waals surface area (Å²) in [6.07, 6.45) is 2.20. The first-order chi connectivity index (χ1) is 6.81. The summed E-state index contributed by atoms with van der Waals surface area (Å²) in [6, 6.07) is 2.20. The molecule has 1 rings (SSSR count). The summed E-state index contributed by atoms with van der Waals surface area (Å²) >= 11 is 0. The average molecular weight is 195 g/mol. The summed E-state index contributed by atoms with van der Waals surface area (Å²) in [4.78, 5) is 0. The molecule has 0 spiro atoms. The molecule has 0 aliphatic rings. The van der Waals surface area contributed by atoms with Crippen LogP contribution in [0, 0.1) is 0 Å². The van der Waals surface area contributed by atoms with E-state index in [4.69, 9.17) is 0 Å². The molecule has 0 saturated carbocycles. The van der Waals surface area contributed by atoms with Crippen LogP contribution in [0.2, 0.25) is 0 Å². The van der Waals surface area contributed by atoms with Gasteiger partial charge < -0.3 is 5.32 Å². The topological polar surface area (TPSA) is 29.9 Å². The van der Waals surface area contributed by atoms with Crippen molar-refractivity contribution in [2.24, 2.45) is 0 Å². The van der Waals surface area contributed by atoms with Crippen molar-refractivity contribution in [1.82, 2.24) is 15.1 Å². The van der Waals surface area contributed by atoms with E-state index in [9.17, 15) is 0 Å². The van der Waals surface area contributed by atoms with Crippen LogP contribution >= 0.6 is 0 Å². The number of aromatic nitrogens is 2. The van der Waals surface area contributed by atoms with Crippen molar-refractivity contribution in [3.05, 3.63) is 17.5 Å². The smallest absolute Gasteiger partial charge is 0.0625 e. The van der Waals surface area contributed by atoms with E-state index < -0.39 is 0 Å². The average Bonchev–Trinajstić information content (AvgIpc) is 2.61. The summed E-state index contributed by atoms with van der Waals surface area (Å²) in [5.74, 6) is 0. The fourth-order valence-electron chi connectivity index (χ4n) is 1.50. The standard InChI is InChI=1S/C11H21N3/c1-4-7-12-9-11-8-10(5-2)13-14(11)6-3/h8,12H,4-7,9H2,1-3H3. The number of hydrogen-bond acceptors (Lipinski definition) is 2. The van der Waals surface area contributed by atoms with Crippen LogP contribution in [0.15, 0.2) is 6.07 Å². The van der Waals surface area contributed by atoms with Gasteiger partial charge in [-0.15, -0.1) is 0 Å². The summed E-state index contributed by atoms with van der Waals surface area (Å²) < 4.78 is 2.08. The van der Waals surface area contributed by atoms with Crippen molar-refractivity contribution < 1.29 is 0 Å². The second-order valence-electron chi connectivity index (χ2n) is 3.47. The zero-order valence-electron chi connectivity index (χ0n) is 9.51. The van der Waals surface area contributed by atoms with Gasteiger partial charge in [-0.05, 0) is 32.4 Å². The van der Waals surface area contributed by atoms with Gasteiger partial charge in [0.25, 0.3) is 0 Å². The van der Waals surface area contributed by atoms with Crippen molar-refractivity contribution in [2.45, 2.75) is 46.7 Å². The highest BCUT2D eigenvalue weighted by molar-refractivity contribution is 5.10. The summed E-state index contributed by atoms with van der Waals surface area (Å²) in [5, 5.41) is 7.91. The number of rotatable bonds is 6. The molecule has 1 N–H and O–H groups in total. The second kappa shape index (κ2) is 5.81. The Balaban J connectivity index is 2.59. The molecular weight excluding hydrogens is 174 g/mol. The highest BCUT2D eigenvalue weighted by atomic mass is 15.3. The normalized spacial score (nSPS) is 10.8. The van der Waals surface area contributed by atoms with Gasteiger partial charge in [0.05, 0.1) is 11.4 Å². The minimum Gasteiger partial charge on any atom is -0.311 e. The van der Waals surface area contributed by atoms with Gasteiger partial charge in [0, 0.05) is 13.1 Å². The fraction of sp³-hybridized carbons (Fsp3) is 0.727. The van der Waals surface area contributed by atoms with Gasteiger partial charge in [-0.3, -0.25) is 4.68 Å². The zero-order valence-corrected chi connectivity index (χ0v) is 9.51. The molecule has 0 unspecified atom stereocenters. The molecule has 0 amide bonds. The minimum atomic E-state index is 0.939. The molecule has 1 aromatic heterocycles. The minimum absolute atomic E-state index is 0.939. The number of hydrogen-bond donors (Lipinski definition) is 1. The van der Waals surface area contributed by atoms with Gasteiger partial charge in [0.15, 0.2) is 0 Å². The molecule has 3 nitrogen and oxygen atoms in total. The summed E-state index contributed by atoms with van der Waals surface area (Å²) in [7, 11) is 0. The van der Waals surface area contributed by atoms with E-state index in [0.717, 1.165) is 26.1 Å². The summed E-state index contributed by atoms with van der Waals surface area (Å²) in [5.41, 5.74) is 2.50. The highest BCUT2D eigenvalue weighted by Crippen LogP contribution is 2.05. The molecule has 0 aliphatic carbocycles. The van der Waals surface area contributed by atoms with Crippen molar-refractivity contribution >= 4 is 0 Å². The highest BCUT2D eigenvalue weighted by Gasteiger charge is 2.03. The van der Waals surface area contributed by atoms with E-state index in [1.54, 1.807) is 0 Å². The Labute approximate surface area is 86.5 Å². The van der Waals surface area contributed by atoms with E-state index in [2.05, 4.69) is 41.9 Å². The van der Waals surface area contributed by atoms with Crippen LogP contribution in [0.1, 0.15) is 38.6 Å². The molecule has 0 aliphatic heterocycles. The number of nitrogens with one attached hydrogen (secondary N) is 1. The molecule has 14 heavy (non-hydrogen) atoms. The molecule has 0 bridgehead atoms. The van der Waals surface area contributed by atoms with Crippen molar-refractivity contribution in [2.75, 3.05) is 6.54 Å². The molecule has 3 heteroatoms. The molecular formula is C11H21N3. The predicted molar refractivity (Wildman–Crippen MR) is 59.3 cm³/mol. The fourth-order valence-corrected chi connectivity index (χ4v) is 1.50. The second-order valence-corrected chi connectivity index (χ2v) is 3.47. The van der Waals surface area contributed by atoms with Crippen LogP contribution in [0.4, 0.5) is 0 Å². The monoisotopic (exact) mass is 195 g/mol. The first-order valence-electron chi connectivity index (χ1n) is 5.58. The predicted octanol–water partition coefficient (Wildman–Crippen LogP) is 1.97. The van der Waals surface area contributed by atoms with Gasteiger partial charge >= 0.3 is 0 Å². The van der Waals surface area contributed by atoms with Crippen LogP contribution in [0.3, 0.4) is 0 Å². The Bertz CT molecular complexity index is 265. The first-order valence-corrected chi connectivity index (χ1v) is 5.58. The maximum absolute atomic E-state index is 4.50. The third-order valence-electron chi connectivity index (χ3n) is 2.31. The van der Waals surface area contributed by atoms with Crippen LogP contribution < -0.4 is 5.32 Å². The van der Waals surface area contributed by atoms with E-state index in [1.165, 1.54) is 17.8 Å². The first kappa shape index (κ1) is 11.2. The summed E-state index contributed by atoms with van der Waals surface area (Å²) in [6.45, 7) is 9.44. The molecule has 1 heterocycles. The lowest BCUT2D eigenvalue weighted by molar-refractivity contribution is 0.576. The molecule has 0 aromatic carbocycles. The maximum Gasteiger partial charge on any atom is 0.0625 e. The number of nitrogens with zero attached hydrogens (tertiary/aromatic N) is 2. The molecule has 0 saturated heterocycles. The quantitative estimate of drug-likeness (QED) is 0.703. The van der Waals surface area contributed by atoms with Crippen molar-refractivity contribution in [3.8, 4) is 0 Å². The Morgan fingerprint density at radius 3 is 2.71 bits per heavy atom. The lowest BCUT2D eigenvalue weighted by atomic mass is 10.3. The maximum atomic E-state index is 4.50. The van der Waals surface area contributed by atoms with Crippen LogP contribution in [-0.4, -0.2) is 16.3 Å². The van der Waals surface area contributed by atoms with Gasteiger partial charge in [-0.25, -0.2) is 0 Å². The van der Waals surface area contributed by atoms with E-state index in [-0.39, 0.29) is 0 Å². The third kappa shape index (κ3) is 2.84. The van der Waals surface area contributed by atoms with Gasteiger partial charge in [0.1, 0.15) is 0 Å². The Morgan fingerprint density at radius 1 is 1.36 bits per heavy atom. The van der Waals surface area contributed by atoms with E-state index in [1.807, 2.05) is 0 Å². The SMILES string of the molecule is CCCNCc1cc(CC)nn1CC. The van der Waals surface area contributed by atoms with Crippen molar-refractivity contribution in [3.63, 3.8) is 0 Å².